The fraction of sp³-hybridized carbons (Fsp3) is 0.444. The number of anilines is 1. The van der Waals surface area contributed by atoms with Gasteiger partial charge < -0.3 is 15.0 Å². The Morgan fingerprint density at radius 2 is 2.00 bits per heavy atom. The first kappa shape index (κ1) is 18.5. The van der Waals surface area contributed by atoms with Crippen molar-refractivity contribution in [3.8, 4) is 6.07 Å². The second kappa shape index (κ2) is 8.83. The van der Waals surface area contributed by atoms with E-state index in [1.165, 1.54) is 11.8 Å². The Kier molecular flexibility index (Phi) is 6.52. The summed E-state index contributed by atoms with van der Waals surface area (Å²) in [5, 5.41) is 11.4. The molecule has 7 nitrogen and oxygen atoms in total. The predicted molar refractivity (Wildman–Crippen MR) is 90.4 cm³/mol. The Bertz CT molecular complexity index is 679. The number of nitrogens with one attached hydrogen (secondary N) is 1. The number of nitrogens with zero attached hydrogens (tertiary/aromatic N) is 2. The third-order valence-electron chi connectivity index (χ3n) is 3.95. The predicted octanol–water partition coefficient (Wildman–Crippen LogP) is 1.83. The number of likely N-dealkylation sites (tertiary alicyclic amines) is 1. The van der Waals surface area contributed by atoms with Crippen LogP contribution in [-0.2, 0) is 19.1 Å². The maximum absolute atomic E-state index is 12.1. The van der Waals surface area contributed by atoms with E-state index in [0.29, 0.717) is 24.2 Å². The van der Waals surface area contributed by atoms with E-state index in [9.17, 15) is 14.4 Å². The summed E-state index contributed by atoms with van der Waals surface area (Å²) >= 11 is 0. The topological polar surface area (TPSA) is 99.5 Å². The highest BCUT2D eigenvalue weighted by molar-refractivity contribution is 5.95. The van der Waals surface area contributed by atoms with Gasteiger partial charge in [0, 0.05) is 18.7 Å². The molecule has 2 amide bonds. The van der Waals surface area contributed by atoms with Gasteiger partial charge in [0.1, 0.15) is 6.54 Å². The number of carbonyl (C=O) groups is 3. The quantitative estimate of drug-likeness (QED) is 0.822. The van der Waals surface area contributed by atoms with Gasteiger partial charge in [-0.05, 0) is 44.0 Å². The fourth-order valence-corrected chi connectivity index (χ4v) is 2.52. The molecule has 132 valence electrons. The average Bonchev–Trinajstić information content (AvgIpc) is 2.80. The molecule has 1 aliphatic heterocycles. The number of hydrogen-bond donors (Lipinski definition) is 1. The third kappa shape index (κ3) is 5.60. The molecule has 1 atom stereocenters. The highest BCUT2D eigenvalue weighted by atomic mass is 16.5. The molecule has 1 N–H and O–H groups in total. The van der Waals surface area contributed by atoms with Gasteiger partial charge in [0.25, 0.3) is 5.91 Å². The zero-order valence-electron chi connectivity index (χ0n) is 14.2. The molecule has 25 heavy (non-hydrogen) atoms. The smallest absolute Gasteiger partial charge is 0.326 e. The van der Waals surface area contributed by atoms with E-state index in [-0.39, 0.29) is 12.5 Å². The zero-order chi connectivity index (χ0) is 18.2. The molecule has 0 bridgehead atoms. The maximum atomic E-state index is 12.1. The Labute approximate surface area is 146 Å². The summed E-state index contributed by atoms with van der Waals surface area (Å²) < 4.78 is 5.12. The van der Waals surface area contributed by atoms with Crippen LogP contribution in [0.1, 0.15) is 38.2 Å². The van der Waals surface area contributed by atoms with Crippen molar-refractivity contribution in [1.29, 1.82) is 5.26 Å². The molecular formula is C18H21N3O4. The molecular weight excluding hydrogens is 322 g/mol. The minimum atomic E-state index is -0.981. The molecule has 0 radical (unpaired) electrons. The Morgan fingerprint density at radius 1 is 1.28 bits per heavy atom. The fourth-order valence-electron chi connectivity index (χ4n) is 2.52. The van der Waals surface area contributed by atoms with Crippen molar-refractivity contribution < 1.29 is 19.1 Å². The monoisotopic (exact) mass is 343 g/mol. The third-order valence-corrected chi connectivity index (χ3v) is 3.95. The van der Waals surface area contributed by atoms with Crippen LogP contribution in [0.3, 0.4) is 0 Å². The second-order valence-electron chi connectivity index (χ2n) is 5.94. The van der Waals surface area contributed by atoms with Gasteiger partial charge in [0.15, 0.2) is 6.10 Å². The van der Waals surface area contributed by atoms with Crippen molar-refractivity contribution in [2.45, 2.75) is 38.7 Å². The number of esters is 1. The van der Waals surface area contributed by atoms with Crippen molar-refractivity contribution in [2.24, 2.45) is 0 Å². The Hall–Kier alpha value is -2.88. The minimum Gasteiger partial charge on any atom is -0.451 e. The normalized spacial score (nSPS) is 15.7. The van der Waals surface area contributed by atoms with Crippen LogP contribution in [0.25, 0.3) is 0 Å². The van der Waals surface area contributed by atoms with Crippen LogP contribution in [0.4, 0.5) is 5.69 Å². The van der Waals surface area contributed by atoms with Crippen molar-refractivity contribution in [3.63, 3.8) is 0 Å². The van der Waals surface area contributed by atoms with Crippen LogP contribution in [-0.4, -0.2) is 41.9 Å². The number of hydrogen-bond acceptors (Lipinski definition) is 5. The van der Waals surface area contributed by atoms with Crippen molar-refractivity contribution in [3.05, 3.63) is 29.8 Å². The van der Waals surface area contributed by atoms with Crippen LogP contribution >= 0.6 is 0 Å². The van der Waals surface area contributed by atoms with Gasteiger partial charge in [0.2, 0.25) is 5.91 Å². The van der Waals surface area contributed by atoms with Gasteiger partial charge in [-0.25, -0.2) is 0 Å². The molecule has 1 aliphatic rings. The van der Waals surface area contributed by atoms with Crippen LogP contribution in [0.15, 0.2) is 24.3 Å². The van der Waals surface area contributed by atoms with E-state index in [2.05, 4.69) is 5.32 Å². The second-order valence-corrected chi connectivity index (χ2v) is 5.94. The molecule has 0 aliphatic carbocycles. The molecule has 0 unspecified atom stereocenters. The highest BCUT2D eigenvalue weighted by Crippen LogP contribution is 2.12. The Balaban J connectivity index is 1.83. The number of amides is 2. The van der Waals surface area contributed by atoms with Gasteiger partial charge >= 0.3 is 5.97 Å². The lowest BCUT2D eigenvalue weighted by Gasteiger charge is -2.20. The number of nitriles is 1. The first-order chi connectivity index (χ1) is 12.0. The van der Waals surface area contributed by atoms with Crippen LogP contribution < -0.4 is 5.32 Å². The Morgan fingerprint density at radius 3 is 2.68 bits per heavy atom. The van der Waals surface area contributed by atoms with E-state index in [1.54, 1.807) is 24.3 Å². The summed E-state index contributed by atoms with van der Waals surface area (Å²) in [4.78, 5) is 37.4. The number of carbonyl (C=O) groups excluding carboxylic acids is 3. The first-order valence-electron chi connectivity index (χ1n) is 8.28. The molecule has 1 saturated heterocycles. The zero-order valence-corrected chi connectivity index (χ0v) is 14.2. The molecule has 1 heterocycles. The maximum Gasteiger partial charge on any atom is 0.326 e. The van der Waals surface area contributed by atoms with E-state index in [0.717, 1.165) is 19.3 Å². The molecule has 7 heteroatoms. The van der Waals surface area contributed by atoms with Gasteiger partial charge in [-0.3, -0.25) is 14.4 Å². The summed E-state index contributed by atoms with van der Waals surface area (Å²) in [5.41, 5.74) is 0.995. The number of ether oxygens (including phenoxy) is 1. The van der Waals surface area contributed by atoms with Crippen molar-refractivity contribution >= 4 is 23.5 Å². The molecule has 1 aromatic rings. The van der Waals surface area contributed by atoms with E-state index < -0.39 is 18.0 Å². The molecule has 0 aromatic heterocycles. The van der Waals surface area contributed by atoms with Gasteiger partial charge in [-0.2, -0.15) is 5.26 Å². The van der Waals surface area contributed by atoms with Crippen molar-refractivity contribution in [2.75, 3.05) is 18.4 Å². The lowest BCUT2D eigenvalue weighted by molar-refractivity contribution is -0.156. The van der Waals surface area contributed by atoms with Gasteiger partial charge in [-0.15, -0.1) is 0 Å². The average molecular weight is 343 g/mol. The number of benzene rings is 1. The molecule has 0 saturated carbocycles. The SMILES string of the molecule is C[C@@H](OC(=O)CN1CCCCCC1=O)C(=O)Nc1ccc(C#N)cc1. The lowest BCUT2D eigenvalue weighted by Crippen LogP contribution is -2.38. The molecule has 1 aromatic carbocycles. The summed E-state index contributed by atoms with van der Waals surface area (Å²) in [6.45, 7) is 1.88. The van der Waals surface area contributed by atoms with Crippen LogP contribution in [0, 0.1) is 11.3 Å². The minimum absolute atomic E-state index is 0.0517. The van der Waals surface area contributed by atoms with E-state index in [4.69, 9.17) is 10.00 Å². The van der Waals surface area contributed by atoms with Gasteiger partial charge in [-0.1, -0.05) is 6.42 Å². The van der Waals surface area contributed by atoms with E-state index >= 15 is 0 Å². The highest BCUT2D eigenvalue weighted by Gasteiger charge is 2.23. The van der Waals surface area contributed by atoms with E-state index in [1.807, 2.05) is 6.07 Å². The van der Waals surface area contributed by atoms with Crippen LogP contribution in [0.2, 0.25) is 0 Å². The standard InChI is InChI=1S/C18H21N3O4/c1-13(18(24)20-15-8-6-14(11-19)7-9-15)25-17(23)12-21-10-4-2-3-5-16(21)22/h6-9,13H,2-5,10,12H2,1H3,(H,20,24)/t13-/m1/s1. The van der Waals surface area contributed by atoms with Crippen LogP contribution in [0.5, 0.6) is 0 Å². The largest absolute Gasteiger partial charge is 0.451 e. The van der Waals surface area contributed by atoms with Gasteiger partial charge in [0.05, 0.1) is 11.6 Å². The lowest BCUT2D eigenvalue weighted by atomic mass is 10.2. The van der Waals surface area contributed by atoms with Crippen molar-refractivity contribution in [1.82, 2.24) is 4.90 Å². The summed E-state index contributed by atoms with van der Waals surface area (Å²) in [7, 11) is 0. The molecule has 0 spiro atoms. The summed E-state index contributed by atoms with van der Waals surface area (Å²) in [6.07, 6.45) is 2.15. The molecule has 1 fully saturated rings. The molecule has 2 rings (SSSR count). The first-order valence-corrected chi connectivity index (χ1v) is 8.28. The summed E-state index contributed by atoms with van der Waals surface area (Å²) in [5.74, 6) is -1.12. The summed E-state index contributed by atoms with van der Waals surface area (Å²) in [6, 6.07) is 8.35. The number of rotatable bonds is 5.